The smallest absolute Gasteiger partial charge is 0.335 e. The molecular weight excluding hydrogens is 330 g/mol. The van der Waals surface area contributed by atoms with E-state index in [1.54, 1.807) is 19.1 Å². The van der Waals surface area contributed by atoms with E-state index in [0.29, 0.717) is 37.3 Å². The topological polar surface area (TPSA) is 75.6 Å². The second-order valence-electron chi connectivity index (χ2n) is 6.85. The van der Waals surface area contributed by atoms with Crippen molar-refractivity contribution in [2.45, 2.75) is 32.1 Å². The van der Waals surface area contributed by atoms with Crippen molar-refractivity contribution in [3.63, 3.8) is 0 Å². The van der Waals surface area contributed by atoms with Crippen LogP contribution in [0.3, 0.4) is 0 Å². The first kappa shape index (κ1) is 18.1. The first-order chi connectivity index (χ1) is 12.4. The summed E-state index contributed by atoms with van der Waals surface area (Å²) in [5.41, 5.74) is 2.97. The third kappa shape index (κ3) is 3.48. The molecule has 1 fully saturated rings. The summed E-state index contributed by atoms with van der Waals surface area (Å²) in [7, 11) is 0. The number of carbonyl (C=O) groups excluding carboxylic acids is 1. The van der Waals surface area contributed by atoms with Crippen molar-refractivity contribution in [2.75, 3.05) is 18.5 Å². The molecule has 1 heterocycles. The lowest BCUT2D eigenvalue weighted by Crippen LogP contribution is -2.44. The zero-order valence-corrected chi connectivity index (χ0v) is 15.0. The molecule has 1 amide bonds. The standard InChI is InChI=1S/C21H23NO4/c1-14-3-5-16(6-4-14)21(9-11-26-12-10-21)20(25)22-17-7-8-18(19(23)24)15(2)13-17/h3-8,13H,9-12H2,1-2H3,(H,22,25)(H,23,24). The van der Waals surface area contributed by atoms with Gasteiger partial charge in [0, 0.05) is 18.9 Å². The number of hydrogen-bond donors (Lipinski definition) is 2. The molecule has 136 valence electrons. The van der Waals surface area contributed by atoms with Crippen LogP contribution in [0.4, 0.5) is 5.69 Å². The quantitative estimate of drug-likeness (QED) is 0.879. The van der Waals surface area contributed by atoms with E-state index >= 15 is 0 Å². The van der Waals surface area contributed by atoms with Gasteiger partial charge in [0.2, 0.25) is 5.91 Å². The van der Waals surface area contributed by atoms with Crippen molar-refractivity contribution in [2.24, 2.45) is 0 Å². The SMILES string of the molecule is Cc1ccc(C2(C(=O)Nc3ccc(C(=O)O)c(C)c3)CCOCC2)cc1. The van der Waals surface area contributed by atoms with Crippen LogP contribution in [0.25, 0.3) is 0 Å². The van der Waals surface area contributed by atoms with Gasteiger partial charge in [0.25, 0.3) is 0 Å². The van der Waals surface area contributed by atoms with Gasteiger partial charge < -0.3 is 15.2 Å². The van der Waals surface area contributed by atoms with Crippen LogP contribution in [0.5, 0.6) is 0 Å². The number of carbonyl (C=O) groups is 2. The molecule has 2 aromatic carbocycles. The Hall–Kier alpha value is -2.66. The lowest BCUT2D eigenvalue weighted by atomic mass is 9.73. The number of nitrogens with one attached hydrogen (secondary N) is 1. The molecule has 0 bridgehead atoms. The van der Waals surface area contributed by atoms with Crippen molar-refractivity contribution in [3.05, 3.63) is 64.7 Å². The number of anilines is 1. The molecule has 5 heteroatoms. The number of carboxylic acid groups (broad SMARTS) is 1. The van der Waals surface area contributed by atoms with Gasteiger partial charge in [-0.3, -0.25) is 4.79 Å². The van der Waals surface area contributed by atoms with Crippen molar-refractivity contribution >= 4 is 17.6 Å². The molecular formula is C21H23NO4. The predicted octanol–water partition coefficient (Wildman–Crippen LogP) is 3.69. The molecule has 2 N–H and O–H groups in total. The van der Waals surface area contributed by atoms with Gasteiger partial charge in [-0.1, -0.05) is 29.8 Å². The van der Waals surface area contributed by atoms with E-state index in [-0.39, 0.29) is 11.5 Å². The molecule has 0 aliphatic carbocycles. The summed E-state index contributed by atoms with van der Waals surface area (Å²) in [6.07, 6.45) is 1.24. The van der Waals surface area contributed by atoms with Gasteiger partial charge in [-0.05, 0) is 56.0 Å². The highest BCUT2D eigenvalue weighted by Gasteiger charge is 2.41. The van der Waals surface area contributed by atoms with Gasteiger partial charge in [-0.25, -0.2) is 4.79 Å². The molecule has 3 rings (SSSR count). The van der Waals surface area contributed by atoms with Crippen LogP contribution in [-0.2, 0) is 14.9 Å². The Balaban J connectivity index is 1.90. The van der Waals surface area contributed by atoms with Crippen LogP contribution in [0.15, 0.2) is 42.5 Å². The molecule has 0 aromatic heterocycles. The minimum atomic E-state index is -0.971. The summed E-state index contributed by atoms with van der Waals surface area (Å²) >= 11 is 0. The van der Waals surface area contributed by atoms with Crippen molar-refractivity contribution in [3.8, 4) is 0 Å². The Labute approximate surface area is 153 Å². The van der Waals surface area contributed by atoms with E-state index < -0.39 is 11.4 Å². The predicted molar refractivity (Wildman–Crippen MR) is 99.7 cm³/mol. The number of aromatic carboxylic acids is 1. The number of carboxylic acids is 1. The second-order valence-corrected chi connectivity index (χ2v) is 6.85. The van der Waals surface area contributed by atoms with Gasteiger partial charge in [0.1, 0.15) is 0 Å². The Bertz CT molecular complexity index is 820. The Kier molecular flexibility index (Phi) is 5.09. The third-order valence-corrected chi connectivity index (χ3v) is 5.10. The van der Waals surface area contributed by atoms with Crippen molar-refractivity contribution in [1.29, 1.82) is 0 Å². The molecule has 0 unspecified atom stereocenters. The molecule has 1 aliphatic rings. The van der Waals surface area contributed by atoms with E-state index in [1.165, 1.54) is 6.07 Å². The largest absolute Gasteiger partial charge is 0.478 e. The Morgan fingerprint density at radius 3 is 2.27 bits per heavy atom. The van der Waals surface area contributed by atoms with Crippen molar-refractivity contribution in [1.82, 2.24) is 0 Å². The summed E-state index contributed by atoms with van der Waals surface area (Å²) in [6.45, 7) is 4.83. The molecule has 0 atom stereocenters. The fraction of sp³-hybridized carbons (Fsp3) is 0.333. The van der Waals surface area contributed by atoms with Crippen LogP contribution in [0, 0.1) is 13.8 Å². The number of rotatable bonds is 4. The zero-order valence-electron chi connectivity index (χ0n) is 15.0. The maximum Gasteiger partial charge on any atom is 0.335 e. The summed E-state index contributed by atoms with van der Waals surface area (Å²) in [5.74, 6) is -1.05. The van der Waals surface area contributed by atoms with E-state index in [2.05, 4.69) is 5.32 Å². The summed E-state index contributed by atoms with van der Waals surface area (Å²) in [5, 5.41) is 12.1. The maximum absolute atomic E-state index is 13.2. The van der Waals surface area contributed by atoms with Gasteiger partial charge in [0.05, 0.1) is 11.0 Å². The Morgan fingerprint density at radius 2 is 1.69 bits per heavy atom. The van der Waals surface area contributed by atoms with Gasteiger partial charge in [0.15, 0.2) is 0 Å². The normalized spacial score (nSPS) is 16.1. The average molecular weight is 353 g/mol. The van der Waals surface area contributed by atoms with Gasteiger partial charge in [-0.2, -0.15) is 0 Å². The minimum Gasteiger partial charge on any atom is -0.478 e. The molecule has 5 nitrogen and oxygen atoms in total. The van der Waals surface area contributed by atoms with Crippen LogP contribution >= 0.6 is 0 Å². The van der Waals surface area contributed by atoms with Crippen molar-refractivity contribution < 1.29 is 19.4 Å². The first-order valence-electron chi connectivity index (χ1n) is 8.73. The minimum absolute atomic E-state index is 0.0767. The highest BCUT2D eigenvalue weighted by atomic mass is 16.5. The highest BCUT2D eigenvalue weighted by molar-refractivity contribution is 6.00. The zero-order chi connectivity index (χ0) is 18.7. The number of ether oxygens (including phenoxy) is 1. The lowest BCUT2D eigenvalue weighted by Gasteiger charge is -2.36. The summed E-state index contributed by atoms with van der Waals surface area (Å²) in [4.78, 5) is 24.4. The number of hydrogen-bond acceptors (Lipinski definition) is 3. The average Bonchev–Trinajstić information content (AvgIpc) is 2.62. The van der Waals surface area contributed by atoms with Gasteiger partial charge >= 0.3 is 5.97 Å². The third-order valence-electron chi connectivity index (χ3n) is 5.10. The molecule has 1 saturated heterocycles. The summed E-state index contributed by atoms with van der Waals surface area (Å²) in [6, 6.07) is 12.9. The Morgan fingerprint density at radius 1 is 1.04 bits per heavy atom. The number of benzene rings is 2. The van der Waals surface area contributed by atoms with E-state index in [0.717, 1.165) is 11.1 Å². The van der Waals surface area contributed by atoms with Gasteiger partial charge in [-0.15, -0.1) is 0 Å². The molecule has 1 aliphatic heterocycles. The highest BCUT2D eigenvalue weighted by Crippen LogP contribution is 2.36. The molecule has 2 aromatic rings. The second kappa shape index (κ2) is 7.30. The lowest BCUT2D eigenvalue weighted by molar-refractivity contribution is -0.125. The summed E-state index contributed by atoms with van der Waals surface area (Å²) < 4.78 is 5.49. The van der Waals surface area contributed by atoms with E-state index in [4.69, 9.17) is 9.84 Å². The number of amides is 1. The molecule has 26 heavy (non-hydrogen) atoms. The monoisotopic (exact) mass is 353 g/mol. The van der Waals surface area contributed by atoms with Crippen LogP contribution in [0.1, 0.15) is 39.9 Å². The van der Waals surface area contributed by atoms with E-state index in [9.17, 15) is 9.59 Å². The fourth-order valence-corrected chi connectivity index (χ4v) is 3.47. The fourth-order valence-electron chi connectivity index (χ4n) is 3.47. The van der Waals surface area contributed by atoms with Crippen LogP contribution in [0.2, 0.25) is 0 Å². The maximum atomic E-state index is 13.2. The molecule has 0 saturated carbocycles. The van der Waals surface area contributed by atoms with Crippen LogP contribution in [-0.4, -0.2) is 30.2 Å². The van der Waals surface area contributed by atoms with Crippen LogP contribution < -0.4 is 5.32 Å². The molecule has 0 radical (unpaired) electrons. The number of aryl methyl sites for hydroxylation is 2. The molecule has 0 spiro atoms. The van der Waals surface area contributed by atoms with E-state index in [1.807, 2.05) is 31.2 Å². The first-order valence-corrected chi connectivity index (χ1v) is 8.73.